The molecule has 1 unspecified atom stereocenters. The van der Waals surface area contributed by atoms with Crippen LogP contribution in [0.4, 0.5) is 0 Å². The highest BCUT2D eigenvalue weighted by Gasteiger charge is 2.28. The molecule has 0 bridgehead atoms. The van der Waals surface area contributed by atoms with Crippen molar-refractivity contribution in [3.8, 4) is 11.4 Å². The minimum atomic E-state index is -0.919. The Morgan fingerprint density at radius 2 is 1.56 bits per heavy atom. The van der Waals surface area contributed by atoms with Crippen molar-refractivity contribution >= 4 is 45.1 Å². The van der Waals surface area contributed by atoms with Crippen LogP contribution in [0.5, 0.6) is 0 Å². The van der Waals surface area contributed by atoms with Gasteiger partial charge in [-0.3, -0.25) is 9.59 Å². The summed E-state index contributed by atoms with van der Waals surface area (Å²) in [6, 6.07) is 9.37. The van der Waals surface area contributed by atoms with Gasteiger partial charge >= 0.3 is 5.97 Å². The van der Waals surface area contributed by atoms with Crippen LogP contribution < -0.4 is 10.6 Å². The predicted octanol–water partition coefficient (Wildman–Crippen LogP) is 5.45. The molecule has 3 rings (SSSR count). The van der Waals surface area contributed by atoms with Crippen molar-refractivity contribution in [3.05, 3.63) is 68.6 Å². The first-order chi connectivity index (χ1) is 18.1. The van der Waals surface area contributed by atoms with Crippen molar-refractivity contribution < 1.29 is 19.1 Å². The van der Waals surface area contributed by atoms with Gasteiger partial charge in [0.15, 0.2) is 5.82 Å². The fraction of sp³-hybridized carbons (Fsp3) is 0.414. The maximum Gasteiger partial charge on any atom is 0.328 e. The maximum absolute atomic E-state index is 13.3. The van der Waals surface area contributed by atoms with Crippen LogP contribution >= 0.6 is 27.3 Å². The SMILES string of the molecule is C[C@@H](NC(=O)C(Cc1ccc(-c2ncc(Br)cn2)cc1)NC(=O)c1ccc(C(C)(C)C)s1)C(=O)OC(C)(C)C. The van der Waals surface area contributed by atoms with E-state index in [0.29, 0.717) is 10.7 Å². The fourth-order valence-corrected chi connectivity index (χ4v) is 4.72. The van der Waals surface area contributed by atoms with Gasteiger partial charge in [0.1, 0.15) is 17.7 Å². The third-order valence-corrected chi connectivity index (χ3v) is 7.50. The number of esters is 1. The highest BCUT2D eigenvalue weighted by atomic mass is 79.9. The first kappa shape index (κ1) is 30.4. The van der Waals surface area contributed by atoms with Crippen LogP contribution in [-0.4, -0.2) is 45.4 Å². The van der Waals surface area contributed by atoms with Crippen molar-refractivity contribution in [2.75, 3.05) is 0 Å². The molecule has 0 saturated heterocycles. The van der Waals surface area contributed by atoms with Gasteiger partial charge < -0.3 is 15.4 Å². The molecule has 0 aliphatic rings. The number of carbonyl (C=O) groups is 3. The minimum Gasteiger partial charge on any atom is -0.458 e. The minimum absolute atomic E-state index is 0.0941. The fourth-order valence-electron chi connectivity index (χ4n) is 3.55. The summed E-state index contributed by atoms with van der Waals surface area (Å²) < 4.78 is 6.18. The summed E-state index contributed by atoms with van der Waals surface area (Å²) in [4.78, 5) is 49.2. The Morgan fingerprint density at radius 3 is 2.10 bits per heavy atom. The second-order valence-electron chi connectivity index (χ2n) is 11.3. The lowest BCUT2D eigenvalue weighted by atomic mass is 9.95. The Labute approximate surface area is 242 Å². The van der Waals surface area contributed by atoms with Crippen molar-refractivity contribution in [2.24, 2.45) is 0 Å². The van der Waals surface area contributed by atoms with Crippen LogP contribution in [0, 0.1) is 0 Å². The summed E-state index contributed by atoms with van der Waals surface area (Å²) in [7, 11) is 0. The largest absolute Gasteiger partial charge is 0.458 e. The lowest BCUT2D eigenvalue weighted by Gasteiger charge is -2.24. The molecule has 0 aliphatic carbocycles. The topological polar surface area (TPSA) is 110 Å². The molecule has 208 valence electrons. The molecule has 2 atom stereocenters. The Hall–Kier alpha value is -3.11. The van der Waals surface area contributed by atoms with Gasteiger partial charge in [-0.25, -0.2) is 14.8 Å². The number of thiophene rings is 1. The molecule has 0 fully saturated rings. The van der Waals surface area contributed by atoms with Gasteiger partial charge in [-0.2, -0.15) is 0 Å². The van der Waals surface area contributed by atoms with Crippen LogP contribution in [0.3, 0.4) is 0 Å². The summed E-state index contributed by atoms with van der Waals surface area (Å²) in [6.45, 7) is 13.1. The summed E-state index contributed by atoms with van der Waals surface area (Å²) in [5.74, 6) is -0.797. The second kappa shape index (κ2) is 12.4. The summed E-state index contributed by atoms with van der Waals surface area (Å²) in [6.07, 6.45) is 3.57. The molecule has 1 aromatic carbocycles. The number of aromatic nitrogens is 2. The van der Waals surface area contributed by atoms with E-state index in [2.05, 4.69) is 57.3 Å². The molecule has 0 aliphatic heterocycles. The smallest absolute Gasteiger partial charge is 0.328 e. The van der Waals surface area contributed by atoms with E-state index in [9.17, 15) is 14.4 Å². The number of hydrogen-bond donors (Lipinski definition) is 2. The second-order valence-corrected chi connectivity index (χ2v) is 13.3. The van der Waals surface area contributed by atoms with E-state index in [1.54, 1.807) is 46.2 Å². The number of rotatable bonds is 8. The van der Waals surface area contributed by atoms with E-state index in [4.69, 9.17) is 4.74 Å². The van der Waals surface area contributed by atoms with E-state index >= 15 is 0 Å². The zero-order chi connectivity index (χ0) is 29.0. The van der Waals surface area contributed by atoms with Crippen molar-refractivity contribution in [2.45, 2.75) is 78.0 Å². The number of nitrogens with one attached hydrogen (secondary N) is 2. The summed E-state index contributed by atoms with van der Waals surface area (Å²) in [5, 5.41) is 5.57. The first-order valence-corrected chi connectivity index (χ1v) is 14.2. The Morgan fingerprint density at radius 1 is 0.949 bits per heavy atom. The Balaban J connectivity index is 1.80. The van der Waals surface area contributed by atoms with Gasteiger partial charge in [0.25, 0.3) is 5.91 Å². The molecular formula is C29H35BrN4O4S. The van der Waals surface area contributed by atoms with Gasteiger partial charge in [0, 0.05) is 29.3 Å². The van der Waals surface area contributed by atoms with E-state index in [1.165, 1.54) is 11.3 Å². The molecule has 39 heavy (non-hydrogen) atoms. The van der Waals surface area contributed by atoms with Crippen LogP contribution in [0.1, 0.15) is 68.6 Å². The van der Waals surface area contributed by atoms with Crippen LogP contribution in [0.2, 0.25) is 0 Å². The van der Waals surface area contributed by atoms with Gasteiger partial charge in [0.05, 0.1) is 9.35 Å². The van der Waals surface area contributed by atoms with Gasteiger partial charge in [-0.15, -0.1) is 11.3 Å². The highest BCUT2D eigenvalue weighted by Crippen LogP contribution is 2.29. The number of halogens is 1. The molecule has 2 amide bonds. The molecule has 8 nitrogen and oxygen atoms in total. The normalized spacial score (nSPS) is 13.3. The molecule has 3 aromatic rings. The third kappa shape index (κ3) is 8.96. The van der Waals surface area contributed by atoms with Crippen molar-refractivity contribution in [1.82, 2.24) is 20.6 Å². The average Bonchev–Trinajstić information content (AvgIpc) is 3.35. The highest BCUT2D eigenvalue weighted by molar-refractivity contribution is 9.10. The number of hydrogen-bond acceptors (Lipinski definition) is 7. The molecule has 10 heteroatoms. The molecule has 0 saturated carbocycles. The number of benzene rings is 1. The number of amides is 2. The Kier molecular flexibility index (Phi) is 9.66. The van der Waals surface area contributed by atoms with Crippen LogP contribution in [0.15, 0.2) is 53.3 Å². The lowest BCUT2D eigenvalue weighted by Crippen LogP contribution is -2.52. The molecule has 2 N–H and O–H groups in total. The summed E-state index contributed by atoms with van der Waals surface area (Å²) >= 11 is 4.73. The molecule has 2 heterocycles. The van der Waals surface area contributed by atoms with E-state index in [1.807, 2.05) is 30.3 Å². The van der Waals surface area contributed by atoms with E-state index in [-0.39, 0.29) is 17.7 Å². The molecule has 0 radical (unpaired) electrons. The molecule has 2 aromatic heterocycles. The first-order valence-electron chi connectivity index (χ1n) is 12.6. The zero-order valence-corrected chi connectivity index (χ0v) is 25.7. The standard InChI is InChI=1S/C29H35BrN4O4S/c1-17(27(37)38-29(5,6)7)33-25(35)21(34-26(36)22-12-13-23(39-22)28(2,3)4)14-18-8-10-19(11-9-18)24-31-15-20(30)16-32-24/h8-13,15-17,21H,14H2,1-7H3,(H,33,35)(H,34,36)/t17-,21?/m1/s1. The predicted molar refractivity (Wildman–Crippen MR) is 157 cm³/mol. The molecular weight excluding hydrogens is 580 g/mol. The average molecular weight is 616 g/mol. The monoisotopic (exact) mass is 614 g/mol. The van der Waals surface area contributed by atoms with Crippen LogP contribution in [0.25, 0.3) is 11.4 Å². The number of carbonyl (C=O) groups excluding carboxylic acids is 3. The van der Waals surface area contributed by atoms with E-state index < -0.39 is 29.6 Å². The van der Waals surface area contributed by atoms with Gasteiger partial charge in [0.2, 0.25) is 5.91 Å². The van der Waals surface area contributed by atoms with Crippen molar-refractivity contribution in [3.63, 3.8) is 0 Å². The van der Waals surface area contributed by atoms with Gasteiger partial charge in [-0.05, 0) is 66.7 Å². The number of ether oxygens (including phenoxy) is 1. The molecule has 0 spiro atoms. The number of nitrogens with zero attached hydrogens (tertiary/aromatic N) is 2. The van der Waals surface area contributed by atoms with Crippen LogP contribution in [-0.2, 0) is 26.2 Å². The van der Waals surface area contributed by atoms with Crippen molar-refractivity contribution in [1.29, 1.82) is 0 Å². The van der Waals surface area contributed by atoms with E-state index in [0.717, 1.165) is 20.5 Å². The quantitative estimate of drug-likeness (QED) is 0.326. The third-order valence-electron chi connectivity index (χ3n) is 5.58. The van der Waals surface area contributed by atoms with Gasteiger partial charge in [-0.1, -0.05) is 45.0 Å². The maximum atomic E-state index is 13.3. The summed E-state index contributed by atoms with van der Waals surface area (Å²) in [5.41, 5.74) is 0.864. The lowest BCUT2D eigenvalue weighted by molar-refractivity contribution is -0.158. The Bertz CT molecular complexity index is 1310. The zero-order valence-electron chi connectivity index (χ0n) is 23.3.